The molecule has 0 unspecified atom stereocenters. The first-order chi connectivity index (χ1) is 14.4. The van der Waals surface area contributed by atoms with E-state index in [9.17, 15) is 9.90 Å². The minimum atomic E-state index is -0.856. The average Bonchev–Trinajstić information content (AvgIpc) is 3.15. The molecule has 0 aliphatic rings. The summed E-state index contributed by atoms with van der Waals surface area (Å²) in [6.07, 6.45) is 0.664. The van der Waals surface area contributed by atoms with Crippen LogP contribution in [0.4, 0.5) is 0 Å². The maximum atomic E-state index is 13.0. The van der Waals surface area contributed by atoms with Crippen molar-refractivity contribution in [3.05, 3.63) is 82.0 Å². The monoisotopic (exact) mass is 404 g/mol. The molecule has 1 atom stereocenters. The van der Waals surface area contributed by atoms with Crippen LogP contribution in [0.2, 0.25) is 0 Å². The highest BCUT2D eigenvalue weighted by molar-refractivity contribution is 5.75. The van der Waals surface area contributed by atoms with Crippen LogP contribution < -0.4 is 10.3 Å². The van der Waals surface area contributed by atoms with Gasteiger partial charge in [0.1, 0.15) is 29.7 Å². The van der Waals surface area contributed by atoms with Gasteiger partial charge in [0.25, 0.3) is 5.56 Å². The first-order valence-corrected chi connectivity index (χ1v) is 9.83. The van der Waals surface area contributed by atoms with Crippen molar-refractivity contribution in [2.24, 2.45) is 0 Å². The number of nitrogens with zero attached hydrogens (tertiary/aromatic N) is 4. The number of ether oxygens (including phenoxy) is 1. The summed E-state index contributed by atoms with van der Waals surface area (Å²) in [5, 5.41) is 15.2. The van der Waals surface area contributed by atoms with E-state index in [1.165, 1.54) is 10.8 Å². The summed E-state index contributed by atoms with van der Waals surface area (Å²) in [5.41, 5.74) is 3.26. The lowest BCUT2D eigenvalue weighted by Gasteiger charge is -2.16. The molecule has 0 saturated carbocycles. The predicted octanol–water partition coefficient (Wildman–Crippen LogP) is 2.95. The Morgan fingerprint density at radius 1 is 1.10 bits per heavy atom. The molecule has 7 nitrogen and oxygen atoms in total. The number of aromatic nitrogens is 4. The van der Waals surface area contributed by atoms with Crippen LogP contribution in [0, 0.1) is 20.8 Å². The van der Waals surface area contributed by atoms with Crippen LogP contribution in [0.3, 0.4) is 0 Å². The first-order valence-electron chi connectivity index (χ1n) is 9.83. The van der Waals surface area contributed by atoms with Gasteiger partial charge in [-0.1, -0.05) is 35.9 Å². The van der Waals surface area contributed by atoms with Crippen LogP contribution in [0.15, 0.2) is 59.5 Å². The Bertz CT molecular complexity index is 1240. The highest BCUT2D eigenvalue weighted by atomic mass is 16.5. The summed E-state index contributed by atoms with van der Waals surface area (Å²) < 4.78 is 8.87. The Labute approximate surface area is 174 Å². The van der Waals surface area contributed by atoms with Gasteiger partial charge in [0.2, 0.25) is 0 Å². The van der Waals surface area contributed by atoms with Gasteiger partial charge in [0, 0.05) is 0 Å². The van der Waals surface area contributed by atoms with Crippen LogP contribution in [0.1, 0.15) is 17.0 Å². The number of para-hydroxylation sites is 1. The topological polar surface area (TPSA) is 82.2 Å². The summed E-state index contributed by atoms with van der Waals surface area (Å²) in [6.45, 7) is 5.91. The van der Waals surface area contributed by atoms with E-state index in [1.807, 2.05) is 62.4 Å². The third kappa shape index (κ3) is 3.84. The maximum Gasteiger partial charge on any atom is 0.264 e. The van der Waals surface area contributed by atoms with Crippen LogP contribution in [-0.2, 0) is 6.54 Å². The normalized spacial score (nSPS) is 12.3. The summed E-state index contributed by atoms with van der Waals surface area (Å²) in [4.78, 5) is 17.6. The minimum absolute atomic E-state index is 0.0805. The molecule has 2 aromatic carbocycles. The van der Waals surface area contributed by atoms with E-state index in [1.54, 1.807) is 11.6 Å². The number of benzene rings is 2. The predicted molar refractivity (Wildman–Crippen MR) is 115 cm³/mol. The maximum absolute atomic E-state index is 13.0. The molecule has 2 aromatic heterocycles. The smallest absolute Gasteiger partial charge is 0.264 e. The van der Waals surface area contributed by atoms with Crippen molar-refractivity contribution in [1.82, 2.24) is 19.3 Å². The lowest BCUT2D eigenvalue weighted by atomic mass is 10.1. The van der Waals surface area contributed by atoms with Gasteiger partial charge in [-0.15, -0.1) is 0 Å². The molecule has 0 saturated heterocycles. The second kappa shape index (κ2) is 8.12. The second-order valence-electron chi connectivity index (χ2n) is 7.44. The molecular weight excluding hydrogens is 380 g/mol. The SMILES string of the molecule is Cc1ccc(OC[C@H](O)Cn2c(C)nc3c(cnn3-c3ccccc3)c2=O)c(C)c1. The van der Waals surface area contributed by atoms with Gasteiger partial charge in [-0.2, -0.15) is 5.10 Å². The number of aliphatic hydroxyl groups excluding tert-OH is 1. The lowest BCUT2D eigenvalue weighted by molar-refractivity contribution is 0.0905. The van der Waals surface area contributed by atoms with Gasteiger partial charge in [-0.05, 0) is 44.5 Å². The largest absolute Gasteiger partial charge is 0.491 e. The fourth-order valence-corrected chi connectivity index (χ4v) is 3.49. The Balaban J connectivity index is 1.56. The lowest BCUT2D eigenvalue weighted by Crippen LogP contribution is -2.32. The zero-order chi connectivity index (χ0) is 21.3. The minimum Gasteiger partial charge on any atom is -0.491 e. The highest BCUT2D eigenvalue weighted by Gasteiger charge is 2.17. The third-order valence-electron chi connectivity index (χ3n) is 5.03. The van der Waals surface area contributed by atoms with E-state index in [0.717, 1.165) is 22.6 Å². The molecule has 7 heteroatoms. The van der Waals surface area contributed by atoms with Gasteiger partial charge < -0.3 is 9.84 Å². The Morgan fingerprint density at radius 2 is 1.87 bits per heavy atom. The van der Waals surface area contributed by atoms with E-state index >= 15 is 0 Å². The summed E-state index contributed by atoms with van der Waals surface area (Å²) in [5.74, 6) is 1.23. The van der Waals surface area contributed by atoms with Gasteiger partial charge in [0.05, 0.1) is 18.4 Å². The summed E-state index contributed by atoms with van der Waals surface area (Å²) >= 11 is 0. The molecule has 0 spiro atoms. The molecule has 0 amide bonds. The van der Waals surface area contributed by atoms with Crippen molar-refractivity contribution in [3.63, 3.8) is 0 Å². The van der Waals surface area contributed by atoms with Crippen molar-refractivity contribution >= 4 is 11.0 Å². The Hall–Kier alpha value is -3.45. The van der Waals surface area contributed by atoms with Gasteiger partial charge >= 0.3 is 0 Å². The van der Waals surface area contributed by atoms with E-state index < -0.39 is 6.10 Å². The molecule has 0 bridgehead atoms. The third-order valence-corrected chi connectivity index (χ3v) is 5.03. The number of hydrogen-bond acceptors (Lipinski definition) is 5. The van der Waals surface area contributed by atoms with Crippen molar-refractivity contribution in [3.8, 4) is 11.4 Å². The quantitative estimate of drug-likeness (QED) is 0.534. The molecule has 0 fully saturated rings. The standard InChI is InChI=1S/C23H24N4O3/c1-15-9-10-21(16(2)11-15)30-14-19(28)13-26-17(3)25-22-20(23(26)29)12-24-27(22)18-7-5-4-6-8-18/h4-12,19,28H,13-14H2,1-3H3/t19-/m1/s1. The number of hydrogen-bond donors (Lipinski definition) is 1. The molecule has 2 heterocycles. The molecule has 0 radical (unpaired) electrons. The van der Waals surface area contributed by atoms with Crippen molar-refractivity contribution in [2.45, 2.75) is 33.4 Å². The molecule has 0 aliphatic carbocycles. The van der Waals surface area contributed by atoms with Crippen molar-refractivity contribution in [2.75, 3.05) is 6.61 Å². The van der Waals surface area contributed by atoms with E-state index in [-0.39, 0.29) is 18.7 Å². The molecule has 1 N–H and O–H groups in total. The number of aliphatic hydroxyl groups is 1. The fraction of sp³-hybridized carbons (Fsp3) is 0.261. The average molecular weight is 404 g/mol. The van der Waals surface area contributed by atoms with Crippen LogP contribution >= 0.6 is 0 Å². The zero-order valence-electron chi connectivity index (χ0n) is 17.2. The molecular formula is C23H24N4O3. The molecule has 4 aromatic rings. The second-order valence-corrected chi connectivity index (χ2v) is 7.44. The van der Waals surface area contributed by atoms with Crippen LogP contribution in [0.5, 0.6) is 5.75 Å². The number of fused-ring (bicyclic) bond motifs is 1. The molecule has 4 rings (SSSR count). The number of rotatable bonds is 6. The zero-order valence-corrected chi connectivity index (χ0v) is 17.2. The van der Waals surface area contributed by atoms with Gasteiger partial charge in [0.15, 0.2) is 5.65 Å². The van der Waals surface area contributed by atoms with E-state index in [2.05, 4.69) is 10.1 Å². The molecule has 30 heavy (non-hydrogen) atoms. The first kappa shape index (κ1) is 19.8. The van der Waals surface area contributed by atoms with Crippen molar-refractivity contribution in [1.29, 1.82) is 0 Å². The summed E-state index contributed by atoms with van der Waals surface area (Å²) in [7, 11) is 0. The summed E-state index contributed by atoms with van der Waals surface area (Å²) in [6, 6.07) is 15.4. The molecule has 0 aliphatic heterocycles. The fourth-order valence-electron chi connectivity index (χ4n) is 3.49. The number of aryl methyl sites for hydroxylation is 3. The van der Waals surface area contributed by atoms with Gasteiger partial charge in [-0.3, -0.25) is 9.36 Å². The van der Waals surface area contributed by atoms with Gasteiger partial charge in [-0.25, -0.2) is 9.67 Å². The Kier molecular flexibility index (Phi) is 5.37. The van der Waals surface area contributed by atoms with Crippen molar-refractivity contribution < 1.29 is 9.84 Å². The van der Waals surface area contributed by atoms with E-state index in [4.69, 9.17) is 4.74 Å². The van der Waals surface area contributed by atoms with Crippen LogP contribution in [0.25, 0.3) is 16.7 Å². The Morgan fingerprint density at radius 3 is 2.60 bits per heavy atom. The van der Waals surface area contributed by atoms with E-state index in [0.29, 0.717) is 16.9 Å². The molecule has 154 valence electrons. The van der Waals surface area contributed by atoms with Crippen LogP contribution in [-0.4, -0.2) is 37.1 Å². The highest BCUT2D eigenvalue weighted by Crippen LogP contribution is 2.19.